The molecule has 0 fully saturated rings. The summed E-state index contributed by atoms with van der Waals surface area (Å²) >= 11 is 0. The lowest BCUT2D eigenvalue weighted by molar-refractivity contribution is 0.323. The molecule has 0 radical (unpaired) electrons. The van der Waals surface area contributed by atoms with Crippen molar-refractivity contribution < 1.29 is 24.4 Å². The molecule has 6 nitrogen and oxygen atoms in total. The van der Waals surface area contributed by atoms with E-state index < -0.39 is 0 Å². The number of hydrogen-bond acceptors (Lipinski definition) is 6. The fourth-order valence-corrected chi connectivity index (χ4v) is 3.38. The fraction of sp³-hybridized carbons (Fsp3) is 0.368. The molecule has 1 atom stereocenters. The standard InChI is InChI=1S/C19H23NO5.ClH/c1-23-17-5-11(6-18(24-2)19(17)25-3)4-12-9-20-10-13-7-15(21)16(22)8-14(12)13;/h5-8,12,20-22H,4,9-10H2,1-3H3;1H. The average Bonchev–Trinajstić information content (AvgIpc) is 2.62. The molecule has 1 heterocycles. The van der Waals surface area contributed by atoms with Crippen LogP contribution in [0.15, 0.2) is 24.3 Å². The SMILES string of the molecule is COc1cc(CC2CNCc3cc(O)c(O)cc32)cc(OC)c1OC.Cl. The van der Waals surface area contributed by atoms with Gasteiger partial charge in [-0.3, -0.25) is 0 Å². The molecule has 2 aromatic rings. The maximum Gasteiger partial charge on any atom is 0.203 e. The zero-order valence-corrected chi connectivity index (χ0v) is 15.9. The molecule has 0 saturated carbocycles. The smallest absolute Gasteiger partial charge is 0.203 e. The van der Waals surface area contributed by atoms with Crippen LogP contribution in [0.2, 0.25) is 0 Å². The third-order valence-electron chi connectivity index (χ3n) is 4.59. The van der Waals surface area contributed by atoms with E-state index in [0.29, 0.717) is 23.8 Å². The van der Waals surface area contributed by atoms with E-state index in [1.165, 1.54) is 0 Å². The molecule has 1 aliphatic heterocycles. The summed E-state index contributed by atoms with van der Waals surface area (Å²) in [5.41, 5.74) is 3.09. The van der Waals surface area contributed by atoms with Crippen LogP contribution in [0, 0.1) is 0 Å². The highest BCUT2D eigenvalue weighted by Gasteiger charge is 2.23. The summed E-state index contributed by atoms with van der Waals surface area (Å²) in [5.74, 6) is 1.80. The first-order valence-corrected chi connectivity index (χ1v) is 8.11. The van der Waals surface area contributed by atoms with Gasteiger partial charge in [0.1, 0.15) is 0 Å². The number of fused-ring (bicyclic) bond motifs is 1. The molecule has 3 N–H and O–H groups in total. The van der Waals surface area contributed by atoms with Crippen LogP contribution in [-0.4, -0.2) is 38.1 Å². The number of rotatable bonds is 5. The van der Waals surface area contributed by atoms with Crippen LogP contribution in [0.1, 0.15) is 22.6 Å². The number of ether oxygens (including phenoxy) is 3. The molecule has 2 aromatic carbocycles. The van der Waals surface area contributed by atoms with Gasteiger partial charge in [-0.05, 0) is 47.4 Å². The minimum atomic E-state index is -0.0889. The third-order valence-corrected chi connectivity index (χ3v) is 4.59. The maximum absolute atomic E-state index is 9.86. The molecule has 0 aliphatic carbocycles. The van der Waals surface area contributed by atoms with Crippen molar-refractivity contribution in [2.75, 3.05) is 27.9 Å². The van der Waals surface area contributed by atoms with Crippen LogP contribution in [0.4, 0.5) is 0 Å². The van der Waals surface area contributed by atoms with Crippen molar-refractivity contribution in [1.82, 2.24) is 5.32 Å². The summed E-state index contributed by atoms with van der Waals surface area (Å²) in [6, 6.07) is 7.17. The number of nitrogens with one attached hydrogen (secondary N) is 1. The van der Waals surface area contributed by atoms with Gasteiger partial charge >= 0.3 is 0 Å². The Balaban J connectivity index is 0.00000243. The molecule has 7 heteroatoms. The van der Waals surface area contributed by atoms with E-state index in [-0.39, 0.29) is 29.8 Å². The van der Waals surface area contributed by atoms with Crippen LogP contribution in [-0.2, 0) is 13.0 Å². The highest BCUT2D eigenvalue weighted by atomic mass is 35.5. The van der Waals surface area contributed by atoms with E-state index in [0.717, 1.165) is 29.7 Å². The first-order chi connectivity index (χ1) is 12.1. The molecule has 0 saturated heterocycles. The Morgan fingerprint density at radius 3 is 2.15 bits per heavy atom. The molecule has 26 heavy (non-hydrogen) atoms. The second-order valence-electron chi connectivity index (χ2n) is 6.11. The largest absolute Gasteiger partial charge is 0.504 e. The lowest BCUT2D eigenvalue weighted by Crippen LogP contribution is -2.29. The minimum absolute atomic E-state index is 0. The number of halogens is 1. The Bertz CT molecular complexity index is 756. The maximum atomic E-state index is 9.86. The molecule has 1 unspecified atom stereocenters. The second-order valence-corrected chi connectivity index (χ2v) is 6.11. The molecular formula is C19H24ClNO5. The number of phenolic OH excluding ortho intramolecular Hbond substituents is 2. The molecule has 0 amide bonds. The molecule has 0 spiro atoms. The van der Waals surface area contributed by atoms with Crippen molar-refractivity contribution in [3.63, 3.8) is 0 Å². The fourth-order valence-electron chi connectivity index (χ4n) is 3.38. The van der Waals surface area contributed by atoms with E-state index >= 15 is 0 Å². The van der Waals surface area contributed by atoms with E-state index in [1.54, 1.807) is 33.5 Å². The van der Waals surface area contributed by atoms with Crippen molar-refractivity contribution in [3.8, 4) is 28.7 Å². The molecule has 0 aromatic heterocycles. The van der Waals surface area contributed by atoms with Gasteiger partial charge in [0.25, 0.3) is 0 Å². The van der Waals surface area contributed by atoms with E-state index in [2.05, 4.69) is 5.32 Å². The van der Waals surface area contributed by atoms with Gasteiger partial charge in [-0.1, -0.05) is 0 Å². The van der Waals surface area contributed by atoms with Crippen molar-refractivity contribution >= 4 is 12.4 Å². The summed E-state index contributed by atoms with van der Waals surface area (Å²) in [7, 11) is 4.77. The number of aromatic hydroxyl groups is 2. The van der Waals surface area contributed by atoms with Gasteiger partial charge in [0.2, 0.25) is 5.75 Å². The van der Waals surface area contributed by atoms with E-state index in [9.17, 15) is 10.2 Å². The second kappa shape index (κ2) is 8.38. The van der Waals surface area contributed by atoms with Crippen molar-refractivity contribution in [2.45, 2.75) is 18.9 Å². The summed E-state index contributed by atoms with van der Waals surface area (Å²) < 4.78 is 16.2. The highest BCUT2D eigenvalue weighted by molar-refractivity contribution is 5.85. The van der Waals surface area contributed by atoms with Gasteiger partial charge in [-0.25, -0.2) is 0 Å². The molecule has 1 aliphatic rings. The van der Waals surface area contributed by atoms with Gasteiger partial charge in [0.05, 0.1) is 21.3 Å². The number of benzene rings is 2. The van der Waals surface area contributed by atoms with Gasteiger partial charge in [-0.2, -0.15) is 0 Å². The van der Waals surface area contributed by atoms with Gasteiger partial charge in [0.15, 0.2) is 23.0 Å². The topological polar surface area (TPSA) is 80.2 Å². The number of phenols is 2. The predicted octanol–water partition coefficient (Wildman–Crippen LogP) is 2.97. The average molecular weight is 382 g/mol. The zero-order valence-electron chi connectivity index (χ0n) is 15.0. The monoisotopic (exact) mass is 381 g/mol. The van der Waals surface area contributed by atoms with Gasteiger partial charge < -0.3 is 29.7 Å². The van der Waals surface area contributed by atoms with Crippen LogP contribution >= 0.6 is 12.4 Å². The number of methoxy groups -OCH3 is 3. The van der Waals surface area contributed by atoms with Crippen LogP contribution in [0.25, 0.3) is 0 Å². The molecule has 142 valence electrons. The summed E-state index contributed by atoms with van der Waals surface area (Å²) in [4.78, 5) is 0. The number of hydrogen-bond donors (Lipinski definition) is 3. The lowest BCUT2D eigenvalue weighted by atomic mass is 9.85. The Hall–Kier alpha value is -2.31. The normalized spacial score (nSPS) is 15.6. The van der Waals surface area contributed by atoms with Gasteiger partial charge in [-0.15, -0.1) is 12.4 Å². The first kappa shape index (κ1) is 20.0. The quantitative estimate of drug-likeness (QED) is 0.691. The molecule has 3 rings (SSSR count). The predicted molar refractivity (Wildman–Crippen MR) is 101 cm³/mol. The molecular weight excluding hydrogens is 358 g/mol. The summed E-state index contributed by atoms with van der Waals surface area (Å²) in [6.45, 7) is 1.46. The Morgan fingerprint density at radius 1 is 0.962 bits per heavy atom. The van der Waals surface area contributed by atoms with Crippen molar-refractivity contribution in [2.24, 2.45) is 0 Å². The summed E-state index contributed by atoms with van der Waals surface area (Å²) in [5, 5.41) is 22.9. The van der Waals surface area contributed by atoms with Crippen LogP contribution in [0.3, 0.4) is 0 Å². The zero-order chi connectivity index (χ0) is 18.0. The third kappa shape index (κ3) is 3.76. The lowest BCUT2D eigenvalue weighted by Gasteiger charge is -2.27. The van der Waals surface area contributed by atoms with Crippen molar-refractivity contribution in [3.05, 3.63) is 41.0 Å². The van der Waals surface area contributed by atoms with Crippen molar-refractivity contribution in [1.29, 1.82) is 0 Å². The summed E-state index contributed by atoms with van der Waals surface area (Å²) in [6.07, 6.45) is 0.737. The van der Waals surface area contributed by atoms with E-state index in [1.807, 2.05) is 12.1 Å². The molecule has 0 bridgehead atoms. The van der Waals surface area contributed by atoms with Crippen LogP contribution in [0.5, 0.6) is 28.7 Å². The first-order valence-electron chi connectivity index (χ1n) is 8.11. The minimum Gasteiger partial charge on any atom is -0.504 e. The Labute approximate surface area is 159 Å². The van der Waals surface area contributed by atoms with E-state index in [4.69, 9.17) is 14.2 Å². The Morgan fingerprint density at radius 2 is 1.58 bits per heavy atom. The van der Waals surface area contributed by atoms with Crippen LogP contribution < -0.4 is 19.5 Å². The highest BCUT2D eigenvalue weighted by Crippen LogP contribution is 2.40. The van der Waals surface area contributed by atoms with Gasteiger partial charge in [0, 0.05) is 19.0 Å². The Kier molecular flexibility index (Phi) is 6.45.